The Morgan fingerprint density at radius 1 is 0.950 bits per heavy atom. The van der Waals surface area contributed by atoms with Gasteiger partial charge in [0.2, 0.25) is 0 Å². The summed E-state index contributed by atoms with van der Waals surface area (Å²) in [5, 5.41) is 1.35. The fourth-order valence-corrected chi connectivity index (χ4v) is 2.66. The van der Waals surface area contributed by atoms with Gasteiger partial charge in [-0.1, -0.05) is 39.7 Å². The molecule has 2 aromatic carbocycles. The fourth-order valence-electron chi connectivity index (χ4n) is 2.07. The lowest BCUT2D eigenvalue weighted by Gasteiger charge is -2.07. The van der Waals surface area contributed by atoms with Gasteiger partial charge in [0.1, 0.15) is 5.15 Å². The van der Waals surface area contributed by atoms with Gasteiger partial charge >= 0.3 is 0 Å². The van der Waals surface area contributed by atoms with Crippen LogP contribution in [0.3, 0.4) is 0 Å². The Balaban J connectivity index is 2.23. The normalized spacial score (nSPS) is 11.0. The summed E-state index contributed by atoms with van der Waals surface area (Å²) in [6.45, 7) is 4.17. The van der Waals surface area contributed by atoms with E-state index in [-0.39, 0.29) is 0 Å². The van der Waals surface area contributed by atoms with Crippen LogP contribution in [0.4, 0.5) is 0 Å². The zero-order chi connectivity index (χ0) is 14.3. The quantitative estimate of drug-likeness (QED) is 0.556. The molecule has 0 unspecified atom stereocenters. The fraction of sp³-hybridized carbons (Fsp3) is 0.125. The number of rotatable bonds is 1. The Labute approximate surface area is 131 Å². The van der Waals surface area contributed by atoms with Crippen molar-refractivity contribution in [3.05, 3.63) is 57.2 Å². The standard InChI is InChI=1S/C16H12BrClN2/c1-9-3-4-11(7-10(9)2)16-19-14-8-12(17)5-6-13(14)15(18)20-16/h3-8H,1-2H3. The minimum atomic E-state index is 0.482. The SMILES string of the molecule is Cc1ccc(-c2nc(Cl)c3ccc(Br)cc3n2)cc1C. The highest BCUT2D eigenvalue weighted by molar-refractivity contribution is 9.10. The van der Waals surface area contributed by atoms with Crippen LogP contribution in [0.15, 0.2) is 40.9 Å². The molecule has 0 aliphatic carbocycles. The van der Waals surface area contributed by atoms with E-state index in [1.807, 2.05) is 24.3 Å². The smallest absolute Gasteiger partial charge is 0.161 e. The lowest BCUT2D eigenvalue weighted by Crippen LogP contribution is -1.93. The molecule has 3 aromatic rings. The lowest BCUT2D eigenvalue weighted by atomic mass is 10.1. The van der Waals surface area contributed by atoms with E-state index in [2.05, 4.69) is 51.9 Å². The van der Waals surface area contributed by atoms with Crippen LogP contribution in [0.1, 0.15) is 11.1 Å². The first-order chi connectivity index (χ1) is 9.54. The number of hydrogen-bond acceptors (Lipinski definition) is 2. The number of aromatic nitrogens is 2. The Morgan fingerprint density at radius 2 is 1.75 bits per heavy atom. The largest absolute Gasteiger partial charge is 0.228 e. The van der Waals surface area contributed by atoms with Gasteiger partial charge in [-0.25, -0.2) is 9.97 Å². The Hall–Kier alpha value is -1.45. The lowest BCUT2D eigenvalue weighted by molar-refractivity contribution is 1.22. The van der Waals surface area contributed by atoms with Crippen LogP contribution in [0.2, 0.25) is 5.15 Å². The van der Waals surface area contributed by atoms with Crippen molar-refractivity contribution in [3.63, 3.8) is 0 Å². The van der Waals surface area contributed by atoms with E-state index in [0.717, 1.165) is 20.9 Å². The van der Waals surface area contributed by atoms with Crippen molar-refractivity contribution in [2.45, 2.75) is 13.8 Å². The van der Waals surface area contributed by atoms with Crippen LogP contribution >= 0.6 is 27.5 Å². The Morgan fingerprint density at radius 3 is 2.50 bits per heavy atom. The number of fused-ring (bicyclic) bond motifs is 1. The topological polar surface area (TPSA) is 25.8 Å². The number of benzene rings is 2. The molecular formula is C16H12BrClN2. The average molecular weight is 348 g/mol. The highest BCUT2D eigenvalue weighted by atomic mass is 79.9. The second kappa shape index (κ2) is 5.15. The summed E-state index contributed by atoms with van der Waals surface area (Å²) in [6, 6.07) is 12.0. The number of aryl methyl sites for hydroxylation is 2. The molecule has 0 amide bonds. The molecule has 0 radical (unpaired) electrons. The van der Waals surface area contributed by atoms with Crippen LogP contribution in [0.5, 0.6) is 0 Å². The molecule has 0 saturated heterocycles. The number of hydrogen-bond donors (Lipinski definition) is 0. The summed E-state index contributed by atoms with van der Waals surface area (Å²) in [5.74, 6) is 0.656. The van der Waals surface area contributed by atoms with Crippen molar-refractivity contribution >= 4 is 38.4 Å². The molecule has 0 saturated carbocycles. The molecule has 0 aliphatic rings. The monoisotopic (exact) mass is 346 g/mol. The van der Waals surface area contributed by atoms with Crippen molar-refractivity contribution in [3.8, 4) is 11.4 Å². The van der Waals surface area contributed by atoms with Gasteiger partial charge in [-0.15, -0.1) is 0 Å². The number of nitrogens with zero attached hydrogens (tertiary/aromatic N) is 2. The second-order valence-electron chi connectivity index (χ2n) is 4.80. The second-order valence-corrected chi connectivity index (χ2v) is 6.07. The molecule has 2 nitrogen and oxygen atoms in total. The van der Waals surface area contributed by atoms with Gasteiger partial charge in [0.05, 0.1) is 5.52 Å². The molecule has 0 atom stereocenters. The van der Waals surface area contributed by atoms with E-state index in [9.17, 15) is 0 Å². The van der Waals surface area contributed by atoms with Crippen molar-refractivity contribution in [2.24, 2.45) is 0 Å². The van der Waals surface area contributed by atoms with Crippen LogP contribution < -0.4 is 0 Å². The van der Waals surface area contributed by atoms with Crippen molar-refractivity contribution in [1.82, 2.24) is 9.97 Å². The van der Waals surface area contributed by atoms with E-state index in [0.29, 0.717) is 11.0 Å². The Bertz CT molecular complexity index is 815. The third-order valence-electron chi connectivity index (χ3n) is 3.38. The summed E-state index contributed by atoms with van der Waals surface area (Å²) in [4.78, 5) is 9.02. The van der Waals surface area contributed by atoms with Gasteiger partial charge in [0.25, 0.3) is 0 Å². The molecule has 1 aromatic heterocycles. The zero-order valence-corrected chi connectivity index (χ0v) is 13.5. The summed E-state index contributed by atoms with van der Waals surface area (Å²) in [6.07, 6.45) is 0. The van der Waals surface area contributed by atoms with Crippen LogP contribution in [0.25, 0.3) is 22.3 Å². The first-order valence-corrected chi connectivity index (χ1v) is 7.42. The van der Waals surface area contributed by atoms with Crippen LogP contribution in [0, 0.1) is 13.8 Å². The van der Waals surface area contributed by atoms with Crippen LogP contribution in [-0.2, 0) is 0 Å². The highest BCUT2D eigenvalue weighted by Crippen LogP contribution is 2.27. The number of halogens is 2. The minimum absolute atomic E-state index is 0.482. The Kier molecular flexibility index (Phi) is 3.48. The van der Waals surface area contributed by atoms with Gasteiger partial charge < -0.3 is 0 Å². The molecule has 0 aliphatic heterocycles. The molecule has 1 heterocycles. The predicted octanol–water partition coefficient (Wildman–Crippen LogP) is 5.33. The molecule has 0 bridgehead atoms. The maximum Gasteiger partial charge on any atom is 0.161 e. The predicted molar refractivity (Wildman–Crippen MR) is 87.2 cm³/mol. The third-order valence-corrected chi connectivity index (χ3v) is 4.16. The van der Waals surface area contributed by atoms with E-state index in [1.165, 1.54) is 11.1 Å². The molecule has 100 valence electrons. The maximum atomic E-state index is 6.27. The third kappa shape index (κ3) is 2.43. The minimum Gasteiger partial charge on any atom is -0.228 e. The summed E-state index contributed by atoms with van der Waals surface area (Å²) >= 11 is 9.72. The molecule has 4 heteroatoms. The van der Waals surface area contributed by atoms with Crippen molar-refractivity contribution in [2.75, 3.05) is 0 Å². The van der Waals surface area contributed by atoms with Crippen LogP contribution in [-0.4, -0.2) is 9.97 Å². The zero-order valence-electron chi connectivity index (χ0n) is 11.1. The maximum absolute atomic E-state index is 6.27. The first kappa shape index (κ1) is 13.5. The summed E-state index contributed by atoms with van der Waals surface area (Å²) < 4.78 is 0.978. The van der Waals surface area contributed by atoms with Crippen molar-refractivity contribution in [1.29, 1.82) is 0 Å². The van der Waals surface area contributed by atoms with Gasteiger partial charge in [0.15, 0.2) is 5.82 Å². The van der Waals surface area contributed by atoms with E-state index < -0.39 is 0 Å². The molecule has 3 rings (SSSR count). The van der Waals surface area contributed by atoms with Gasteiger partial charge in [0, 0.05) is 15.4 Å². The summed E-state index contributed by atoms with van der Waals surface area (Å²) in [5.41, 5.74) is 4.30. The van der Waals surface area contributed by atoms with E-state index in [4.69, 9.17) is 11.6 Å². The van der Waals surface area contributed by atoms with E-state index in [1.54, 1.807) is 0 Å². The molecule has 0 N–H and O–H groups in total. The van der Waals surface area contributed by atoms with Crippen molar-refractivity contribution < 1.29 is 0 Å². The highest BCUT2D eigenvalue weighted by Gasteiger charge is 2.09. The first-order valence-electron chi connectivity index (χ1n) is 6.25. The van der Waals surface area contributed by atoms with Gasteiger partial charge in [-0.2, -0.15) is 0 Å². The average Bonchev–Trinajstić information content (AvgIpc) is 2.41. The molecule has 20 heavy (non-hydrogen) atoms. The van der Waals surface area contributed by atoms with E-state index >= 15 is 0 Å². The summed E-state index contributed by atoms with van der Waals surface area (Å²) in [7, 11) is 0. The molecule has 0 spiro atoms. The van der Waals surface area contributed by atoms with Gasteiger partial charge in [-0.05, 0) is 49.2 Å². The van der Waals surface area contributed by atoms with Gasteiger partial charge in [-0.3, -0.25) is 0 Å². The molecule has 0 fully saturated rings. The molecular weight excluding hydrogens is 336 g/mol.